The Morgan fingerprint density at radius 2 is 1.73 bits per heavy atom. The Bertz CT molecular complexity index is 567. The SMILES string of the molecule is CC(C)N1CCC(C)(NC(=O)c2c(F)ccc(F)c2F)CC1. The zero-order valence-electron chi connectivity index (χ0n) is 13.0. The van der Waals surface area contributed by atoms with E-state index in [1.54, 1.807) is 0 Å². The first-order chi connectivity index (χ1) is 10.2. The number of carbonyl (C=O) groups excluding carboxylic acids is 1. The van der Waals surface area contributed by atoms with Gasteiger partial charge in [0.15, 0.2) is 11.6 Å². The molecule has 1 aromatic carbocycles. The highest BCUT2D eigenvalue weighted by Crippen LogP contribution is 2.24. The summed E-state index contributed by atoms with van der Waals surface area (Å²) < 4.78 is 40.5. The van der Waals surface area contributed by atoms with Gasteiger partial charge in [-0.15, -0.1) is 0 Å². The predicted octanol–water partition coefficient (Wildman–Crippen LogP) is 3.10. The Hall–Kier alpha value is -1.56. The van der Waals surface area contributed by atoms with Crippen molar-refractivity contribution in [1.82, 2.24) is 10.2 Å². The van der Waals surface area contributed by atoms with E-state index < -0.39 is 34.5 Å². The molecule has 1 heterocycles. The van der Waals surface area contributed by atoms with E-state index in [9.17, 15) is 18.0 Å². The van der Waals surface area contributed by atoms with Gasteiger partial charge in [0.2, 0.25) is 0 Å². The Balaban J connectivity index is 2.11. The van der Waals surface area contributed by atoms with Gasteiger partial charge in [-0.2, -0.15) is 0 Å². The lowest BCUT2D eigenvalue weighted by Crippen LogP contribution is -2.54. The van der Waals surface area contributed by atoms with Crippen LogP contribution in [0.25, 0.3) is 0 Å². The van der Waals surface area contributed by atoms with E-state index in [0.717, 1.165) is 19.2 Å². The molecule has 2 rings (SSSR count). The lowest BCUT2D eigenvalue weighted by molar-refractivity contribution is 0.0793. The van der Waals surface area contributed by atoms with Crippen molar-refractivity contribution in [2.24, 2.45) is 0 Å². The molecule has 1 N–H and O–H groups in total. The van der Waals surface area contributed by atoms with Crippen LogP contribution < -0.4 is 5.32 Å². The van der Waals surface area contributed by atoms with Gasteiger partial charge in [0.1, 0.15) is 11.4 Å². The molecule has 6 heteroatoms. The highest BCUT2D eigenvalue weighted by Gasteiger charge is 2.34. The van der Waals surface area contributed by atoms with E-state index in [4.69, 9.17) is 0 Å². The molecule has 0 radical (unpaired) electrons. The molecule has 0 bridgehead atoms. The standard InChI is InChI=1S/C16H21F3N2O/c1-10(2)21-8-6-16(3,7-9-21)20-15(22)13-11(17)4-5-12(18)14(13)19/h4-5,10H,6-9H2,1-3H3,(H,20,22). The highest BCUT2D eigenvalue weighted by molar-refractivity contribution is 5.95. The molecular formula is C16H21F3N2O. The number of halogens is 3. The summed E-state index contributed by atoms with van der Waals surface area (Å²) in [4.78, 5) is 14.4. The molecule has 0 atom stereocenters. The summed E-state index contributed by atoms with van der Waals surface area (Å²) >= 11 is 0. The van der Waals surface area contributed by atoms with Crippen molar-refractivity contribution in [3.63, 3.8) is 0 Å². The third kappa shape index (κ3) is 3.43. The van der Waals surface area contributed by atoms with Crippen LogP contribution in [0.5, 0.6) is 0 Å². The van der Waals surface area contributed by atoms with Crippen molar-refractivity contribution < 1.29 is 18.0 Å². The quantitative estimate of drug-likeness (QED) is 0.870. The zero-order chi connectivity index (χ0) is 16.5. The molecule has 22 heavy (non-hydrogen) atoms. The molecule has 0 saturated carbocycles. The second-order valence-electron chi connectivity index (χ2n) is 6.36. The van der Waals surface area contributed by atoms with Crippen molar-refractivity contribution in [2.75, 3.05) is 13.1 Å². The number of nitrogens with zero attached hydrogens (tertiary/aromatic N) is 1. The van der Waals surface area contributed by atoms with Gasteiger partial charge in [-0.05, 0) is 45.7 Å². The van der Waals surface area contributed by atoms with Gasteiger partial charge >= 0.3 is 0 Å². The fourth-order valence-electron chi connectivity index (χ4n) is 2.73. The van der Waals surface area contributed by atoms with Crippen LogP contribution in [0.15, 0.2) is 12.1 Å². The number of hydrogen-bond donors (Lipinski definition) is 1. The summed E-state index contributed by atoms with van der Waals surface area (Å²) in [5.41, 5.74) is -1.40. The number of benzene rings is 1. The maximum atomic E-state index is 13.7. The Kier molecular flexibility index (Phi) is 4.80. The normalized spacial score (nSPS) is 18.5. The average molecular weight is 314 g/mol. The van der Waals surface area contributed by atoms with Crippen LogP contribution in [0.2, 0.25) is 0 Å². The van der Waals surface area contributed by atoms with Gasteiger partial charge in [-0.1, -0.05) is 0 Å². The van der Waals surface area contributed by atoms with E-state index in [-0.39, 0.29) is 0 Å². The first-order valence-electron chi connectivity index (χ1n) is 7.43. The van der Waals surface area contributed by atoms with Crippen molar-refractivity contribution in [3.8, 4) is 0 Å². The number of piperidine rings is 1. The van der Waals surface area contributed by atoms with Gasteiger partial charge in [0.25, 0.3) is 5.91 Å². The van der Waals surface area contributed by atoms with E-state index in [1.807, 2.05) is 6.92 Å². The van der Waals surface area contributed by atoms with E-state index >= 15 is 0 Å². The van der Waals surface area contributed by atoms with Gasteiger partial charge in [-0.25, -0.2) is 13.2 Å². The minimum absolute atomic E-state index is 0.415. The number of likely N-dealkylation sites (tertiary alicyclic amines) is 1. The summed E-state index contributed by atoms with van der Waals surface area (Å²) in [6, 6.07) is 1.85. The van der Waals surface area contributed by atoms with E-state index in [1.165, 1.54) is 0 Å². The summed E-state index contributed by atoms with van der Waals surface area (Å²) in [6.07, 6.45) is 1.35. The molecular weight excluding hydrogens is 293 g/mol. The van der Waals surface area contributed by atoms with Crippen LogP contribution >= 0.6 is 0 Å². The lowest BCUT2D eigenvalue weighted by Gasteiger charge is -2.41. The number of carbonyl (C=O) groups is 1. The first kappa shape index (κ1) is 16.8. The maximum absolute atomic E-state index is 13.7. The minimum atomic E-state index is -1.44. The van der Waals surface area contributed by atoms with Gasteiger partial charge < -0.3 is 10.2 Å². The molecule has 0 spiro atoms. The number of amides is 1. The Morgan fingerprint density at radius 1 is 1.18 bits per heavy atom. The molecule has 3 nitrogen and oxygen atoms in total. The van der Waals surface area contributed by atoms with E-state index in [0.29, 0.717) is 24.9 Å². The smallest absolute Gasteiger partial charge is 0.257 e. The monoisotopic (exact) mass is 314 g/mol. The lowest BCUT2D eigenvalue weighted by atomic mass is 9.88. The van der Waals surface area contributed by atoms with Crippen LogP contribution in [0.3, 0.4) is 0 Å². The van der Waals surface area contributed by atoms with Crippen LogP contribution in [0.4, 0.5) is 13.2 Å². The van der Waals surface area contributed by atoms with Crippen molar-refractivity contribution in [2.45, 2.75) is 45.2 Å². The highest BCUT2D eigenvalue weighted by atomic mass is 19.2. The fraction of sp³-hybridized carbons (Fsp3) is 0.562. The van der Waals surface area contributed by atoms with Gasteiger partial charge in [-0.3, -0.25) is 4.79 Å². The van der Waals surface area contributed by atoms with Crippen LogP contribution in [-0.4, -0.2) is 35.5 Å². The largest absolute Gasteiger partial charge is 0.347 e. The molecule has 1 saturated heterocycles. The summed E-state index contributed by atoms with van der Waals surface area (Å²) in [7, 11) is 0. The Morgan fingerprint density at radius 3 is 2.27 bits per heavy atom. The summed E-state index contributed by atoms with van der Waals surface area (Å²) in [5.74, 6) is -4.64. The second-order valence-corrected chi connectivity index (χ2v) is 6.36. The maximum Gasteiger partial charge on any atom is 0.257 e. The van der Waals surface area contributed by atoms with Crippen molar-refractivity contribution >= 4 is 5.91 Å². The minimum Gasteiger partial charge on any atom is -0.347 e. The molecule has 1 aliphatic heterocycles. The topological polar surface area (TPSA) is 32.3 Å². The molecule has 0 aliphatic carbocycles. The van der Waals surface area contributed by atoms with Crippen LogP contribution in [0.1, 0.15) is 44.0 Å². The molecule has 0 unspecified atom stereocenters. The molecule has 1 aromatic rings. The average Bonchev–Trinajstić information content (AvgIpc) is 2.43. The third-order valence-electron chi connectivity index (χ3n) is 4.32. The fourth-order valence-corrected chi connectivity index (χ4v) is 2.73. The zero-order valence-corrected chi connectivity index (χ0v) is 13.0. The first-order valence-corrected chi connectivity index (χ1v) is 7.43. The third-order valence-corrected chi connectivity index (χ3v) is 4.32. The van der Waals surface area contributed by atoms with Crippen molar-refractivity contribution in [1.29, 1.82) is 0 Å². The van der Waals surface area contributed by atoms with Crippen LogP contribution in [-0.2, 0) is 0 Å². The number of rotatable bonds is 3. The van der Waals surface area contributed by atoms with Gasteiger partial charge in [0.05, 0.1) is 0 Å². The molecule has 1 amide bonds. The summed E-state index contributed by atoms with van der Waals surface area (Å²) in [5, 5.41) is 2.67. The molecule has 0 aromatic heterocycles. The van der Waals surface area contributed by atoms with Gasteiger partial charge in [0, 0.05) is 24.7 Å². The number of hydrogen-bond acceptors (Lipinski definition) is 2. The molecule has 122 valence electrons. The molecule has 1 fully saturated rings. The number of nitrogens with one attached hydrogen (secondary N) is 1. The predicted molar refractivity (Wildman–Crippen MR) is 78.1 cm³/mol. The Labute approximate surface area is 128 Å². The summed E-state index contributed by atoms with van der Waals surface area (Å²) in [6.45, 7) is 7.63. The second kappa shape index (κ2) is 6.28. The van der Waals surface area contributed by atoms with Crippen LogP contribution in [0, 0.1) is 17.5 Å². The van der Waals surface area contributed by atoms with E-state index in [2.05, 4.69) is 24.1 Å². The molecule has 1 aliphatic rings. The van der Waals surface area contributed by atoms with Crippen molar-refractivity contribution in [3.05, 3.63) is 35.1 Å².